The first-order valence-electron chi connectivity index (χ1n) is 7.21. The van der Waals surface area contributed by atoms with Gasteiger partial charge in [-0.2, -0.15) is 13.2 Å². The number of rotatable bonds is 6. The lowest BCUT2D eigenvalue weighted by Crippen LogP contribution is -2.40. The van der Waals surface area contributed by atoms with Gasteiger partial charge in [0.05, 0.1) is 13.1 Å². The Morgan fingerprint density at radius 3 is 2.46 bits per heavy atom. The van der Waals surface area contributed by atoms with Crippen molar-refractivity contribution in [2.24, 2.45) is 0 Å². The summed E-state index contributed by atoms with van der Waals surface area (Å²) in [6, 6.07) is 4.53. The van der Waals surface area contributed by atoms with Gasteiger partial charge >= 0.3 is 12.5 Å². The Hall–Kier alpha value is -2.01. The van der Waals surface area contributed by atoms with Crippen LogP contribution in [0.4, 0.5) is 32.0 Å². The van der Waals surface area contributed by atoms with Crippen molar-refractivity contribution in [1.82, 2.24) is 4.98 Å². The van der Waals surface area contributed by atoms with E-state index in [9.17, 15) is 31.4 Å². The molecule has 0 aliphatic heterocycles. The SMILES string of the molecule is Cc1cnc(CN(CC(O)C(F)(F)F)c2cccc(OC(F)(F)F)c2)s1. The summed E-state index contributed by atoms with van der Waals surface area (Å²) in [5.74, 6) is -0.572. The van der Waals surface area contributed by atoms with E-state index in [-0.39, 0.29) is 12.2 Å². The van der Waals surface area contributed by atoms with Gasteiger partial charge in [0.1, 0.15) is 10.8 Å². The quantitative estimate of drug-likeness (QED) is 0.736. The zero-order valence-electron chi connectivity index (χ0n) is 13.3. The number of aliphatic hydroxyl groups is 1. The number of benzene rings is 1. The van der Waals surface area contributed by atoms with Crippen LogP contribution in [-0.2, 0) is 6.54 Å². The maximum Gasteiger partial charge on any atom is 0.573 e. The summed E-state index contributed by atoms with van der Waals surface area (Å²) in [6.45, 7) is 0.784. The Morgan fingerprint density at radius 2 is 1.92 bits per heavy atom. The van der Waals surface area contributed by atoms with E-state index in [1.165, 1.54) is 29.7 Å². The number of thiazole rings is 1. The van der Waals surface area contributed by atoms with Gasteiger partial charge in [-0.05, 0) is 19.1 Å². The minimum atomic E-state index is -4.93. The number of aromatic nitrogens is 1. The molecule has 2 aromatic rings. The van der Waals surface area contributed by atoms with Crippen LogP contribution < -0.4 is 9.64 Å². The van der Waals surface area contributed by atoms with Crippen LogP contribution in [0, 0.1) is 6.92 Å². The Labute approximate surface area is 148 Å². The molecule has 0 saturated heterocycles. The number of aryl methyl sites for hydroxylation is 1. The fourth-order valence-corrected chi connectivity index (χ4v) is 2.89. The molecule has 26 heavy (non-hydrogen) atoms. The smallest absolute Gasteiger partial charge is 0.406 e. The van der Waals surface area contributed by atoms with Gasteiger partial charge in [0.25, 0.3) is 0 Å². The highest BCUT2D eigenvalue weighted by Crippen LogP contribution is 2.30. The Balaban J connectivity index is 2.28. The molecule has 0 aliphatic carbocycles. The molecule has 1 aromatic heterocycles. The first-order chi connectivity index (χ1) is 11.9. The number of nitrogens with zero attached hydrogens (tertiary/aromatic N) is 2. The van der Waals surface area contributed by atoms with E-state index in [0.29, 0.717) is 5.01 Å². The van der Waals surface area contributed by atoms with E-state index in [1.54, 1.807) is 6.92 Å². The van der Waals surface area contributed by atoms with Crippen molar-refractivity contribution in [1.29, 1.82) is 0 Å². The molecule has 2 rings (SSSR count). The molecule has 1 N–H and O–H groups in total. The van der Waals surface area contributed by atoms with Gasteiger partial charge in [-0.1, -0.05) is 6.07 Å². The highest BCUT2D eigenvalue weighted by molar-refractivity contribution is 7.11. The van der Waals surface area contributed by atoms with Crippen molar-refractivity contribution < 1.29 is 36.2 Å². The lowest BCUT2D eigenvalue weighted by Gasteiger charge is -2.27. The summed E-state index contributed by atoms with van der Waals surface area (Å²) < 4.78 is 79.0. The third-order valence-corrected chi connectivity index (χ3v) is 4.08. The molecule has 1 heterocycles. The number of halogens is 6. The van der Waals surface area contributed by atoms with Crippen molar-refractivity contribution >= 4 is 17.0 Å². The van der Waals surface area contributed by atoms with E-state index in [4.69, 9.17) is 0 Å². The number of hydrogen-bond donors (Lipinski definition) is 1. The predicted octanol–water partition coefficient (Wildman–Crippen LogP) is 4.28. The standard InChI is InChI=1S/C15H14F6N2O2S/c1-9-6-22-13(26-9)8-23(7-12(24)14(16,17)18)10-3-2-4-11(5-10)25-15(19,20)21/h2-6,12,24H,7-8H2,1H3. The van der Waals surface area contributed by atoms with Gasteiger partial charge in [0, 0.05) is 22.8 Å². The maximum absolute atomic E-state index is 12.7. The van der Waals surface area contributed by atoms with Crippen LogP contribution in [0.3, 0.4) is 0 Å². The second kappa shape index (κ2) is 7.70. The molecule has 0 amide bonds. The molecule has 0 spiro atoms. The average Bonchev–Trinajstić information content (AvgIpc) is 2.89. The highest BCUT2D eigenvalue weighted by Gasteiger charge is 2.39. The summed E-state index contributed by atoms with van der Waals surface area (Å²) in [5.41, 5.74) is 0.0305. The van der Waals surface area contributed by atoms with Crippen LogP contribution in [0.25, 0.3) is 0 Å². The van der Waals surface area contributed by atoms with Crippen molar-refractivity contribution in [3.05, 3.63) is 40.3 Å². The number of aliphatic hydroxyl groups excluding tert-OH is 1. The first kappa shape index (κ1) is 20.3. The molecule has 1 unspecified atom stereocenters. The zero-order chi connectivity index (χ0) is 19.5. The number of ether oxygens (including phenoxy) is 1. The summed E-state index contributed by atoms with van der Waals surface area (Å²) in [7, 11) is 0. The molecule has 1 atom stereocenters. The summed E-state index contributed by atoms with van der Waals surface area (Å²) in [6.07, 6.45) is -10.9. The minimum absolute atomic E-state index is 0.0305. The molecule has 0 aliphatic rings. The van der Waals surface area contributed by atoms with Crippen LogP contribution >= 0.6 is 11.3 Å². The van der Waals surface area contributed by atoms with Crippen LogP contribution in [0.15, 0.2) is 30.5 Å². The Bertz CT molecular complexity index is 731. The number of alkyl halides is 6. The molecule has 0 bridgehead atoms. The maximum atomic E-state index is 12.7. The number of anilines is 1. The summed E-state index contributed by atoms with van der Waals surface area (Å²) >= 11 is 1.23. The van der Waals surface area contributed by atoms with Gasteiger partial charge in [-0.25, -0.2) is 4.98 Å². The van der Waals surface area contributed by atoms with Crippen molar-refractivity contribution in [2.45, 2.75) is 32.1 Å². The molecular formula is C15H14F6N2O2S. The largest absolute Gasteiger partial charge is 0.573 e. The second-order valence-corrected chi connectivity index (χ2v) is 6.67. The Morgan fingerprint density at radius 1 is 1.23 bits per heavy atom. The van der Waals surface area contributed by atoms with Crippen LogP contribution in [0.2, 0.25) is 0 Å². The lowest BCUT2D eigenvalue weighted by atomic mass is 10.2. The van der Waals surface area contributed by atoms with Gasteiger partial charge in [-0.3, -0.25) is 0 Å². The molecule has 144 valence electrons. The number of hydrogen-bond acceptors (Lipinski definition) is 5. The van der Waals surface area contributed by atoms with Crippen LogP contribution in [0.5, 0.6) is 5.75 Å². The van der Waals surface area contributed by atoms with Crippen LogP contribution in [-0.4, -0.2) is 35.3 Å². The normalized spacial score (nSPS) is 13.5. The third kappa shape index (κ3) is 6.06. The zero-order valence-corrected chi connectivity index (χ0v) is 14.1. The second-order valence-electron chi connectivity index (χ2n) is 5.35. The van der Waals surface area contributed by atoms with Crippen molar-refractivity contribution in [2.75, 3.05) is 11.4 Å². The summed E-state index contributed by atoms with van der Waals surface area (Å²) in [4.78, 5) is 5.96. The molecule has 0 saturated carbocycles. The van der Waals surface area contributed by atoms with E-state index in [1.807, 2.05) is 0 Å². The highest BCUT2D eigenvalue weighted by atomic mass is 32.1. The molecule has 0 fully saturated rings. The average molecular weight is 400 g/mol. The van der Waals surface area contributed by atoms with Gasteiger partial charge in [-0.15, -0.1) is 24.5 Å². The monoisotopic (exact) mass is 400 g/mol. The molecular weight excluding hydrogens is 386 g/mol. The fourth-order valence-electron chi connectivity index (χ4n) is 2.09. The fraction of sp³-hybridized carbons (Fsp3) is 0.400. The Kier molecular flexibility index (Phi) is 6.02. The van der Waals surface area contributed by atoms with Crippen LogP contribution in [0.1, 0.15) is 9.88 Å². The molecule has 11 heteroatoms. The van der Waals surface area contributed by atoms with E-state index < -0.39 is 30.9 Å². The lowest BCUT2D eigenvalue weighted by molar-refractivity contribution is -0.274. The minimum Gasteiger partial charge on any atom is -0.406 e. The third-order valence-electron chi connectivity index (χ3n) is 3.18. The van der Waals surface area contributed by atoms with E-state index in [2.05, 4.69) is 9.72 Å². The first-order valence-corrected chi connectivity index (χ1v) is 8.02. The summed E-state index contributed by atoms with van der Waals surface area (Å²) in [5, 5.41) is 9.82. The van der Waals surface area contributed by atoms with Gasteiger partial charge in [0.15, 0.2) is 6.10 Å². The van der Waals surface area contributed by atoms with Gasteiger partial charge < -0.3 is 14.7 Å². The van der Waals surface area contributed by atoms with Gasteiger partial charge in [0.2, 0.25) is 0 Å². The van der Waals surface area contributed by atoms with E-state index >= 15 is 0 Å². The predicted molar refractivity (Wildman–Crippen MR) is 83.1 cm³/mol. The van der Waals surface area contributed by atoms with Crippen molar-refractivity contribution in [3.63, 3.8) is 0 Å². The molecule has 4 nitrogen and oxygen atoms in total. The topological polar surface area (TPSA) is 45.6 Å². The van der Waals surface area contributed by atoms with E-state index in [0.717, 1.165) is 21.9 Å². The molecule has 0 radical (unpaired) electrons. The molecule has 1 aromatic carbocycles. The van der Waals surface area contributed by atoms with Crippen molar-refractivity contribution in [3.8, 4) is 5.75 Å².